The van der Waals surface area contributed by atoms with E-state index in [1.54, 1.807) is 11.3 Å². The highest BCUT2D eigenvalue weighted by Crippen LogP contribution is 2.44. The van der Waals surface area contributed by atoms with Crippen LogP contribution in [0, 0.1) is 0 Å². The third kappa shape index (κ3) is 5.64. The van der Waals surface area contributed by atoms with Gasteiger partial charge in [-0.15, -0.1) is 11.3 Å². The van der Waals surface area contributed by atoms with E-state index in [0.717, 1.165) is 82.8 Å². The van der Waals surface area contributed by atoms with Gasteiger partial charge in [-0.2, -0.15) is 0 Å². The number of hydrogen-bond donors (Lipinski definition) is 0. The van der Waals surface area contributed by atoms with Crippen LogP contribution in [-0.2, 0) is 0 Å². The van der Waals surface area contributed by atoms with E-state index >= 15 is 0 Å². The second-order valence-electron chi connectivity index (χ2n) is 13.0. The van der Waals surface area contributed by atoms with Gasteiger partial charge in [-0.1, -0.05) is 152 Å². The molecule has 0 aliphatic heterocycles. The molecular formula is C48H30N4S. The van der Waals surface area contributed by atoms with Gasteiger partial charge in [0.25, 0.3) is 0 Å². The molecule has 10 rings (SSSR count). The van der Waals surface area contributed by atoms with Crippen molar-refractivity contribution >= 4 is 42.4 Å². The van der Waals surface area contributed by atoms with Gasteiger partial charge in [-0.25, -0.2) is 19.9 Å². The average Bonchev–Trinajstić information content (AvgIpc) is 3.63. The molecule has 0 bridgehead atoms. The van der Waals surface area contributed by atoms with Crippen molar-refractivity contribution in [1.82, 2.24) is 19.9 Å². The maximum absolute atomic E-state index is 5.30. The van der Waals surface area contributed by atoms with E-state index in [1.807, 2.05) is 30.3 Å². The van der Waals surface area contributed by atoms with E-state index in [1.165, 1.54) is 10.1 Å². The lowest BCUT2D eigenvalue weighted by Gasteiger charge is -2.12. The monoisotopic (exact) mass is 694 g/mol. The SMILES string of the molecule is c1ccc(-c2cccc(-c3nc(-c4ccccc4)cc(-c4cccc5sc6c(-c7nc(-c8ccccc8)c8ccccc8n7)cccc6c45)n3)c2)cc1. The molecule has 3 heterocycles. The lowest BCUT2D eigenvalue weighted by Crippen LogP contribution is -1.96. The Labute approximate surface area is 310 Å². The van der Waals surface area contributed by atoms with Crippen LogP contribution in [0.15, 0.2) is 182 Å². The highest BCUT2D eigenvalue weighted by molar-refractivity contribution is 7.26. The first-order valence-electron chi connectivity index (χ1n) is 17.6. The molecule has 0 radical (unpaired) electrons. The van der Waals surface area contributed by atoms with Crippen molar-refractivity contribution in [3.63, 3.8) is 0 Å². The number of benzene rings is 7. The van der Waals surface area contributed by atoms with Crippen molar-refractivity contribution in [2.75, 3.05) is 0 Å². The van der Waals surface area contributed by atoms with Crippen molar-refractivity contribution in [3.8, 4) is 67.7 Å². The highest BCUT2D eigenvalue weighted by Gasteiger charge is 2.19. The summed E-state index contributed by atoms with van der Waals surface area (Å²) in [7, 11) is 0. The smallest absolute Gasteiger partial charge is 0.161 e. The largest absolute Gasteiger partial charge is 0.228 e. The van der Waals surface area contributed by atoms with Gasteiger partial charge < -0.3 is 0 Å². The van der Waals surface area contributed by atoms with Crippen molar-refractivity contribution < 1.29 is 0 Å². The quantitative estimate of drug-likeness (QED) is 0.174. The molecule has 248 valence electrons. The zero-order valence-corrected chi connectivity index (χ0v) is 29.3. The van der Waals surface area contributed by atoms with Gasteiger partial charge in [0.1, 0.15) is 0 Å². The van der Waals surface area contributed by atoms with Crippen LogP contribution >= 0.6 is 11.3 Å². The first kappa shape index (κ1) is 31.0. The number of nitrogens with zero attached hydrogens (tertiary/aromatic N) is 4. The zero-order valence-electron chi connectivity index (χ0n) is 28.5. The summed E-state index contributed by atoms with van der Waals surface area (Å²) in [4.78, 5) is 20.8. The van der Waals surface area contributed by atoms with E-state index < -0.39 is 0 Å². The van der Waals surface area contributed by atoms with Crippen molar-refractivity contribution in [2.45, 2.75) is 0 Å². The second kappa shape index (κ2) is 13.1. The lowest BCUT2D eigenvalue weighted by atomic mass is 9.99. The summed E-state index contributed by atoms with van der Waals surface area (Å²) in [6.45, 7) is 0. The summed E-state index contributed by atoms with van der Waals surface area (Å²) < 4.78 is 2.33. The van der Waals surface area contributed by atoms with Crippen LogP contribution < -0.4 is 0 Å². The Morgan fingerprint density at radius 3 is 1.77 bits per heavy atom. The van der Waals surface area contributed by atoms with Crippen LogP contribution in [0.4, 0.5) is 0 Å². The molecule has 10 aromatic rings. The molecule has 7 aromatic carbocycles. The van der Waals surface area contributed by atoms with Crippen LogP contribution in [0.25, 0.3) is 98.7 Å². The molecule has 0 atom stereocenters. The molecule has 0 spiro atoms. The van der Waals surface area contributed by atoms with Gasteiger partial charge in [-0.05, 0) is 41.5 Å². The van der Waals surface area contributed by atoms with E-state index in [9.17, 15) is 0 Å². The second-order valence-corrected chi connectivity index (χ2v) is 14.1. The number of aromatic nitrogens is 4. The first-order chi connectivity index (χ1) is 26.3. The van der Waals surface area contributed by atoms with Gasteiger partial charge >= 0.3 is 0 Å². The van der Waals surface area contributed by atoms with Crippen molar-refractivity contribution in [1.29, 1.82) is 0 Å². The molecule has 0 fully saturated rings. The Bertz CT molecular complexity index is 2940. The van der Waals surface area contributed by atoms with Crippen LogP contribution in [0.1, 0.15) is 0 Å². The predicted octanol–water partition coefficient (Wildman–Crippen LogP) is 12.8. The fourth-order valence-electron chi connectivity index (χ4n) is 7.19. The van der Waals surface area contributed by atoms with Gasteiger partial charge in [0.15, 0.2) is 11.6 Å². The third-order valence-electron chi connectivity index (χ3n) is 9.71. The summed E-state index contributed by atoms with van der Waals surface area (Å²) in [5.74, 6) is 1.41. The molecule has 0 aliphatic carbocycles. The number of hydrogen-bond acceptors (Lipinski definition) is 5. The summed E-state index contributed by atoms with van der Waals surface area (Å²) >= 11 is 1.78. The molecule has 4 nitrogen and oxygen atoms in total. The Hall–Kier alpha value is -6.82. The minimum atomic E-state index is 0.689. The van der Waals surface area contributed by atoms with Crippen LogP contribution in [-0.4, -0.2) is 19.9 Å². The van der Waals surface area contributed by atoms with Gasteiger partial charge in [0.2, 0.25) is 0 Å². The lowest BCUT2D eigenvalue weighted by molar-refractivity contribution is 1.19. The number of fused-ring (bicyclic) bond motifs is 4. The van der Waals surface area contributed by atoms with E-state index in [0.29, 0.717) is 5.82 Å². The van der Waals surface area contributed by atoms with Crippen molar-refractivity contribution in [3.05, 3.63) is 182 Å². The molecule has 0 aliphatic rings. The molecule has 0 unspecified atom stereocenters. The van der Waals surface area contributed by atoms with Gasteiger partial charge in [0, 0.05) is 53.4 Å². The van der Waals surface area contributed by atoms with Gasteiger partial charge in [0.05, 0.1) is 22.6 Å². The highest BCUT2D eigenvalue weighted by atomic mass is 32.1. The van der Waals surface area contributed by atoms with Crippen LogP contribution in [0.5, 0.6) is 0 Å². The molecule has 5 heteroatoms. The summed E-state index contributed by atoms with van der Waals surface area (Å²) in [5.41, 5.74) is 11.1. The summed E-state index contributed by atoms with van der Waals surface area (Å²) in [6, 6.07) is 63.1. The van der Waals surface area contributed by atoms with Crippen molar-refractivity contribution in [2.24, 2.45) is 0 Å². The Morgan fingerprint density at radius 2 is 0.962 bits per heavy atom. The first-order valence-corrected chi connectivity index (χ1v) is 18.5. The maximum atomic E-state index is 5.30. The predicted molar refractivity (Wildman–Crippen MR) is 221 cm³/mol. The van der Waals surface area contributed by atoms with Crippen LogP contribution in [0.3, 0.4) is 0 Å². The fourth-order valence-corrected chi connectivity index (χ4v) is 8.43. The average molecular weight is 695 g/mol. The Balaban J connectivity index is 1.17. The number of rotatable bonds is 6. The molecule has 3 aromatic heterocycles. The normalized spacial score (nSPS) is 11.4. The Morgan fingerprint density at radius 1 is 0.358 bits per heavy atom. The molecule has 0 amide bonds. The third-order valence-corrected chi connectivity index (χ3v) is 10.9. The molecule has 0 saturated carbocycles. The minimum Gasteiger partial charge on any atom is -0.228 e. The van der Waals surface area contributed by atoms with E-state index in [4.69, 9.17) is 19.9 Å². The molecular weight excluding hydrogens is 665 g/mol. The fraction of sp³-hybridized carbons (Fsp3) is 0. The van der Waals surface area contributed by atoms with E-state index in [2.05, 4.69) is 152 Å². The van der Waals surface area contributed by atoms with E-state index in [-0.39, 0.29) is 0 Å². The number of thiophene rings is 1. The zero-order chi connectivity index (χ0) is 35.1. The standard InChI is InChI=1S/C48H30N4S/c1-4-15-31(16-5-1)34-21-12-22-35(29-34)47-50-41(32-17-6-2-7-18-32)30-42(51-47)36-24-14-28-43-44(36)38-25-13-26-39(46(38)53-43)48-49-40-27-11-10-23-37(40)45(52-48)33-19-8-3-9-20-33/h1-30H. The Kier molecular flexibility index (Phi) is 7.63. The summed E-state index contributed by atoms with van der Waals surface area (Å²) in [5, 5.41) is 3.36. The molecule has 0 saturated heterocycles. The van der Waals surface area contributed by atoms with Crippen LogP contribution in [0.2, 0.25) is 0 Å². The molecule has 53 heavy (non-hydrogen) atoms. The molecule has 0 N–H and O–H groups in total. The van der Waals surface area contributed by atoms with Gasteiger partial charge in [-0.3, -0.25) is 0 Å². The summed E-state index contributed by atoms with van der Waals surface area (Å²) in [6.07, 6.45) is 0. The maximum Gasteiger partial charge on any atom is 0.161 e. The topological polar surface area (TPSA) is 51.6 Å². The number of para-hydroxylation sites is 1. The minimum absolute atomic E-state index is 0.689.